The molecule has 2 atom stereocenters. The fourth-order valence-corrected chi connectivity index (χ4v) is 4.82. The summed E-state index contributed by atoms with van der Waals surface area (Å²) in [5.74, 6) is 0.300. The van der Waals surface area contributed by atoms with Gasteiger partial charge in [-0.05, 0) is 55.4 Å². The number of piperidine rings is 1. The van der Waals surface area contributed by atoms with Gasteiger partial charge >= 0.3 is 0 Å². The maximum Gasteiger partial charge on any atom is 0.224 e. The van der Waals surface area contributed by atoms with Gasteiger partial charge in [-0.2, -0.15) is 5.26 Å². The van der Waals surface area contributed by atoms with Crippen molar-refractivity contribution < 1.29 is 9.18 Å². The highest BCUT2D eigenvalue weighted by atomic mass is 19.1. The maximum absolute atomic E-state index is 14.0. The molecular formula is C23H23FN6O. The fraction of sp³-hybridized carbons (Fsp3) is 0.391. The van der Waals surface area contributed by atoms with E-state index in [4.69, 9.17) is 5.26 Å². The third-order valence-corrected chi connectivity index (χ3v) is 6.75. The lowest BCUT2D eigenvalue weighted by Crippen LogP contribution is -2.48. The molecule has 1 unspecified atom stereocenters. The van der Waals surface area contributed by atoms with Gasteiger partial charge in [0.1, 0.15) is 29.7 Å². The molecule has 5 rings (SSSR count). The van der Waals surface area contributed by atoms with Gasteiger partial charge in [0, 0.05) is 25.2 Å². The van der Waals surface area contributed by atoms with Gasteiger partial charge in [0.25, 0.3) is 0 Å². The van der Waals surface area contributed by atoms with E-state index in [9.17, 15) is 9.18 Å². The summed E-state index contributed by atoms with van der Waals surface area (Å²) < 4.78 is 14.0. The average molecular weight is 418 g/mol. The number of benzene rings is 1. The van der Waals surface area contributed by atoms with E-state index in [0.29, 0.717) is 5.56 Å². The van der Waals surface area contributed by atoms with E-state index in [1.807, 2.05) is 25.3 Å². The summed E-state index contributed by atoms with van der Waals surface area (Å²) in [6.07, 6.45) is 6.22. The minimum Gasteiger partial charge on any atom is -0.355 e. The normalized spacial score (nSPS) is 20.4. The van der Waals surface area contributed by atoms with E-state index >= 15 is 0 Å². The number of nitriles is 1. The molecule has 0 radical (unpaired) electrons. The molecule has 7 nitrogen and oxygen atoms in total. The van der Waals surface area contributed by atoms with Crippen LogP contribution in [0.15, 0.2) is 36.8 Å². The first-order valence-electron chi connectivity index (χ1n) is 10.5. The first kappa shape index (κ1) is 19.5. The first-order chi connectivity index (χ1) is 15.0. The van der Waals surface area contributed by atoms with Gasteiger partial charge < -0.3 is 15.2 Å². The van der Waals surface area contributed by atoms with Gasteiger partial charge in [-0.15, -0.1) is 0 Å². The number of H-pyrrole nitrogens is 1. The number of carbonyl (C=O) groups is 1. The summed E-state index contributed by atoms with van der Waals surface area (Å²) in [6.45, 7) is 3.39. The number of carbonyl (C=O) groups excluding carboxylic acids is 1. The highest BCUT2D eigenvalue weighted by molar-refractivity contribution is 5.88. The minimum absolute atomic E-state index is 0.00725. The van der Waals surface area contributed by atoms with Crippen LogP contribution in [0.4, 0.5) is 10.2 Å². The van der Waals surface area contributed by atoms with Crippen LogP contribution in [0, 0.1) is 28.5 Å². The van der Waals surface area contributed by atoms with Crippen LogP contribution in [0.2, 0.25) is 0 Å². The topological polar surface area (TPSA) is 97.7 Å². The largest absolute Gasteiger partial charge is 0.355 e. The van der Waals surface area contributed by atoms with Crippen LogP contribution in [0.25, 0.3) is 11.0 Å². The van der Waals surface area contributed by atoms with E-state index in [1.54, 1.807) is 12.4 Å². The van der Waals surface area contributed by atoms with Crippen molar-refractivity contribution in [3.63, 3.8) is 0 Å². The Kier molecular flexibility index (Phi) is 4.62. The summed E-state index contributed by atoms with van der Waals surface area (Å²) in [7, 11) is 0. The lowest BCUT2D eigenvalue weighted by molar-refractivity contribution is -0.128. The van der Waals surface area contributed by atoms with Crippen molar-refractivity contribution in [2.24, 2.45) is 11.3 Å². The summed E-state index contributed by atoms with van der Waals surface area (Å²) in [6, 6.07) is 7.96. The van der Waals surface area contributed by atoms with E-state index in [-0.39, 0.29) is 28.8 Å². The number of aromatic amines is 1. The first-order valence-corrected chi connectivity index (χ1v) is 10.5. The van der Waals surface area contributed by atoms with Crippen LogP contribution in [0.1, 0.15) is 43.4 Å². The molecule has 1 saturated heterocycles. The Morgan fingerprint density at radius 1 is 1.39 bits per heavy atom. The van der Waals surface area contributed by atoms with E-state index < -0.39 is 5.82 Å². The SMILES string of the molecule is C[C@@H](NC(=O)C1CCN(c2ncnc3[nH]ccc23)CC12CC2)c1ccc(C#N)c(F)c1. The highest BCUT2D eigenvalue weighted by Crippen LogP contribution is 2.56. The van der Waals surface area contributed by atoms with Crippen molar-refractivity contribution in [2.45, 2.75) is 32.2 Å². The molecule has 1 saturated carbocycles. The van der Waals surface area contributed by atoms with E-state index in [0.717, 1.165) is 49.2 Å². The van der Waals surface area contributed by atoms with E-state index in [1.165, 1.54) is 12.1 Å². The Labute approximate surface area is 179 Å². The van der Waals surface area contributed by atoms with Crippen LogP contribution in [-0.2, 0) is 4.79 Å². The Hall–Kier alpha value is -3.47. The van der Waals surface area contributed by atoms with Gasteiger partial charge in [-0.1, -0.05) is 6.07 Å². The molecule has 1 spiro atoms. The number of halogens is 1. The Morgan fingerprint density at radius 2 is 2.23 bits per heavy atom. The van der Waals surface area contributed by atoms with E-state index in [2.05, 4.69) is 25.2 Å². The number of nitrogens with one attached hydrogen (secondary N) is 2. The maximum atomic E-state index is 14.0. The van der Waals surface area contributed by atoms with Crippen LogP contribution < -0.4 is 10.2 Å². The predicted molar refractivity (Wildman–Crippen MR) is 114 cm³/mol. The van der Waals surface area contributed by atoms with Gasteiger partial charge in [0.2, 0.25) is 5.91 Å². The Bertz CT molecular complexity index is 1190. The van der Waals surface area contributed by atoms with Crippen molar-refractivity contribution in [3.8, 4) is 6.07 Å². The van der Waals surface area contributed by atoms with Crippen molar-refractivity contribution in [2.75, 3.05) is 18.0 Å². The number of nitrogens with zero attached hydrogens (tertiary/aromatic N) is 4. The lowest BCUT2D eigenvalue weighted by Gasteiger charge is -2.39. The van der Waals surface area contributed by atoms with Crippen LogP contribution in [0.5, 0.6) is 0 Å². The number of amides is 1. The third kappa shape index (κ3) is 3.40. The summed E-state index contributed by atoms with van der Waals surface area (Å²) >= 11 is 0. The monoisotopic (exact) mass is 418 g/mol. The van der Waals surface area contributed by atoms with Gasteiger partial charge in [-0.25, -0.2) is 14.4 Å². The minimum atomic E-state index is -0.561. The number of rotatable bonds is 4. The molecule has 0 bridgehead atoms. The molecule has 1 aliphatic heterocycles. The standard InChI is InChI=1S/C23H23FN6O/c1-14(15-2-3-16(11-25)19(24)10-15)29-22(31)18-5-9-30(12-23(18)6-7-23)21-17-4-8-26-20(17)27-13-28-21/h2-4,8,10,13-14,18H,5-7,9,12H2,1H3,(H,29,31)(H,26,27,28)/t14-,18?/m1/s1. The number of hydrogen-bond donors (Lipinski definition) is 2. The quantitative estimate of drug-likeness (QED) is 0.676. The van der Waals surface area contributed by atoms with Crippen molar-refractivity contribution in [1.82, 2.24) is 20.3 Å². The summed E-state index contributed by atoms with van der Waals surface area (Å²) in [5.41, 5.74) is 1.44. The van der Waals surface area contributed by atoms with Crippen LogP contribution >= 0.6 is 0 Å². The molecule has 1 amide bonds. The van der Waals surface area contributed by atoms with Gasteiger partial charge in [-0.3, -0.25) is 4.79 Å². The van der Waals surface area contributed by atoms with Crippen molar-refractivity contribution in [1.29, 1.82) is 5.26 Å². The number of aromatic nitrogens is 3. The summed E-state index contributed by atoms with van der Waals surface area (Å²) in [5, 5.41) is 13.0. The number of fused-ring (bicyclic) bond motifs is 1. The molecule has 1 aromatic carbocycles. The predicted octanol–water partition coefficient (Wildman–Crippen LogP) is 3.45. The molecule has 2 N–H and O–H groups in total. The number of hydrogen-bond acceptors (Lipinski definition) is 5. The molecule has 1 aliphatic carbocycles. The van der Waals surface area contributed by atoms with Crippen molar-refractivity contribution >= 4 is 22.8 Å². The zero-order valence-electron chi connectivity index (χ0n) is 17.2. The molecule has 158 valence electrons. The smallest absolute Gasteiger partial charge is 0.224 e. The third-order valence-electron chi connectivity index (χ3n) is 6.75. The van der Waals surface area contributed by atoms with Crippen LogP contribution in [0.3, 0.4) is 0 Å². The van der Waals surface area contributed by atoms with Crippen molar-refractivity contribution in [3.05, 3.63) is 53.7 Å². The number of anilines is 1. The zero-order valence-corrected chi connectivity index (χ0v) is 17.2. The Balaban J connectivity index is 1.30. The molecule has 3 heterocycles. The lowest BCUT2D eigenvalue weighted by atomic mass is 9.81. The molecule has 31 heavy (non-hydrogen) atoms. The van der Waals surface area contributed by atoms with Crippen LogP contribution in [-0.4, -0.2) is 33.9 Å². The molecule has 2 aliphatic rings. The van der Waals surface area contributed by atoms with Gasteiger partial charge in [0.15, 0.2) is 0 Å². The fourth-order valence-electron chi connectivity index (χ4n) is 4.82. The van der Waals surface area contributed by atoms with Gasteiger partial charge in [0.05, 0.1) is 17.0 Å². The second kappa shape index (κ2) is 7.34. The molecule has 8 heteroatoms. The summed E-state index contributed by atoms with van der Waals surface area (Å²) in [4.78, 5) is 27.3. The Morgan fingerprint density at radius 3 is 2.97 bits per heavy atom. The second-order valence-corrected chi connectivity index (χ2v) is 8.64. The highest BCUT2D eigenvalue weighted by Gasteiger charge is 2.55. The molecule has 2 aromatic heterocycles. The molecular weight excluding hydrogens is 395 g/mol. The molecule has 2 fully saturated rings. The second-order valence-electron chi connectivity index (χ2n) is 8.64. The zero-order chi connectivity index (χ0) is 21.6. The molecule has 3 aromatic rings. The average Bonchev–Trinajstić information content (AvgIpc) is 3.34.